The molecule has 22 heavy (non-hydrogen) atoms. The highest BCUT2D eigenvalue weighted by atomic mass is 32.1. The lowest BCUT2D eigenvalue weighted by atomic mass is 10.2. The largest absolute Gasteiger partial charge is 0.487 e. The molecule has 0 fully saturated rings. The Labute approximate surface area is 131 Å². The first-order valence-electron chi connectivity index (χ1n) is 6.85. The number of nitrogens with zero attached hydrogens (tertiary/aromatic N) is 2. The fourth-order valence-electron chi connectivity index (χ4n) is 2.30. The Kier molecular flexibility index (Phi) is 3.81. The van der Waals surface area contributed by atoms with Crippen LogP contribution in [0, 0.1) is 0 Å². The first-order valence-corrected chi connectivity index (χ1v) is 7.73. The number of anilines is 2. The number of fused-ring (bicyclic) bond motifs is 1. The number of aromatic nitrogens is 1. The van der Waals surface area contributed by atoms with Crippen molar-refractivity contribution in [1.82, 2.24) is 4.98 Å². The number of thiazole rings is 1. The maximum absolute atomic E-state index is 12.7. The smallest absolute Gasteiger partial charge is 0.278 e. The van der Waals surface area contributed by atoms with E-state index in [1.165, 1.54) is 18.3 Å². The van der Waals surface area contributed by atoms with Crippen LogP contribution in [-0.4, -0.2) is 29.4 Å². The molecule has 6 nitrogen and oxygen atoms in total. The third-order valence-electron chi connectivity index (χ3n) is 3.18. The Morgan fingerprint density at radius 2 is 2.18 bits per heavy atom. The summed E-state index contributed by atoms with van der Waals surface area (Å²) in [5, 5.41) is 4.65. The topological polar surface area (TPSA) is 71.5 Å². The maximum atomic E-state index is 12.7. The lowest BCUT2D eigenvalue weighted by Gasteiger charge is -2.32. The van der Waals surface area contributed by atoms with Crippen molar-refractivity contribution < 1.29 is 14.3 Å². The molecule has 1 aliphatic heterocycles. The van der Waals surface area contributed by atoms with E-state index in [9.17, 15) is 9.59 Å². The van der Waals surface area contributed by atoms with Crippen molar-refractivity contribution in [2.45, 2.75) is 20.0 Å². The number of hydrogen-bond acceptors (Lipinski definition) is 5. The van der Waals surface area contributed by atoms with Crippen LogP contribution in [0.1, 0.15) is 24.3 Å². The third-order valence-corrected chi connectivity index (χ3v) is 3.93. The molecule has 0 saturated heterocycles. The minimum absolute atomic E-state index is 0.0905. The number of ether oxygens (including phenoxy) is 1. The van der Waals surface area contributed by atoms with E-state index >= 15 is 0 Å². The molecule has 7 heteroatoms. The third kappa shape index (κ3) is 2.80. The average Bonchev–Trinajstić information content (AvgIpc) is 2.93. The van der Waals surface area contributed by atoms with Gasteiger partial charge in [-0.25, -0.2) is 4.98 Å². The standard InChI is InChI=1S/C15H15N3O3S/c1-9-7-18(12-5-3-4-6-13(12)21-9)14(20)11-8-22-15(17-11)16-10(2)19/h3-6,8-9H,7H2,1-2H3,(H,16,17,19). The second-order valence-electron chi connectivity index (χ2n) is 5.03. The first kappa shape index (κ1) is 14.5. The second kappa shape index (κ2) is 5.76. The summed E-state index contributed by atoms with van der Waals surface area (Å²) in [5.74, 6) is 0.279. The van der Waals surface area contributed by atoms with Crippen molar-refractivity contribution in [3.63, 3.8) is 0 Å². The van der Waals surface area contributed by atoms with Gasteiger partial charge in [0.05, 0.1) is 12.2 Å². The highest BCUT2D eigenvalue weighted by Gasteiger charge is 2.29. The highest BCUT2D eigenvalue weighted by Crippen LogP contribution is 2.34. The summed E-state index contributed by atoms with van der Waals surface area (Å²) >= 11 is 1.23. The summed E-state index contributed by atoms with van der Waals surface area (Å²) in [6.45, 7) is 3.78. The summed E-state index contributed by atoms with van der Waals surface area (Å²) < 4.78 is 5.74. The molecule has 114 valence electrons. The molecular formula is C15H15N3O3S. The summed E-state index contributed by atoms with van der Waals surface area (Å²) in [6.07, 6.45) is -0.0905. The normalized spacial score (nSPS) is 16.6. The first-order chi connectivity index (χ1) is 10.5. The van der Waals surface area contributed by atoms with Crippen LogP contribution in [0.2, 0.25) is 0 Å². The fourth-order valence-corrected chi connectivity index (χ4v) is 3.03. The van der Waals surface area contributed by atoms with Gasteiger partial charge in [0.15, 0.2) is 5.13 Å². The van der Waals surface area contributed by atoms with Gasteiger partial charge in [-0.1, -0.05) is 12.1 Å². The predicted molar refractivity (Wildman–Crippen MR) is 84.6 cm³/mol. The van der Waals surface area contributed by atoms with Gasteiger partial charge in [0.1, 0.15) is 17.5 Å². The fraction of sp³-hybridized carbons (Fsp3) is 0.267. The van der Waals surface area contributed by atoms with Gasteiger partial charge < -0.3 is 10.1 Å². The van der Waals surface area contributed by atoms with E-state index in [0.717, 1.165) is 5.69 Å². The van der Waals surface area contributed by atoms with Gasteiger partial charge in [-0.05, 0) is 19.1 Å². The quantitative estimate of drug-likeness (QED) is 0.924. The van der Waals surface area contributed by atoms with E-state index in [1.807, 2.05) is 31.2 Å². The molecule has 0 saturated carbocycles. The molecule has 2 heterocycles. The zero-order valence-corrected chi connectivity index (χ0v) is 13.0. The number of amides is 2. The SMILES string of the molecule is CC(=O)Nc1nc(C(=O)N2CC(C)Oc3ccccc32)cs1. The summed E-state index contributed by atoms with van der Waals surface area (Å²) in [7, 11) is 0. The van der Waals surface area contributed by atoms with Crippen molar-refractivity contribution in [3.05, 3.63) is 35.3 Å². The van der Waals surface area contributed by atoms with Gasteiger partial charge in [-0.15, -0.1) is 11.3 Å². The van der Waals surface area contributed by atoms with Crippen molar-refractivity contribution in [2.24, 2.45) is 0 Å². The zero-order chi connectivity index (χ0) is 15.7. The number of carbonyl (C=O) groups is 2. The number of para-hydroxylation sites is 2. The van der Waals surface area contributed by atoms with E-state index < -0.39 is 0 Å². The molecule has 1 aromatic heterocycles. The monoisotopic (exact) mass is 317 g/mol. The molecule has 0 bridgehead atoms. The van der Waals surface area contributed by atoms with E-state index in [-0.39, 0.29) is 17.9 Å². The van der Waals surface area contributed by atoms with Crippen molar-refractivity contribution in [2.75, 3.05) is 16.8 Å². The molecule has 1 N–H and O–H groups in total. The van der Waals surface area contributed by atoms with Crippen LogP contribution < -0.4 is 15.0 Å². The molecule has 2 amide bonds. The van der Waals surface area contributed by atoms with Crippen LogP contribution in [0.15, 0.2) is 29.6 Å². The Hall–Kier alpha value is -2.41. The Bertz CT molecular complexity index is 728. The van der Waals surface area contributed by atoms with Gasteiger partial charge in [0.2, 0.25) is 5.91 Å². The van der Waals surface area contributed by atoms with Crippen molar-refractivity contribution in [1.29, 1.82) is 0 Å². The molecule has 2 aromatic rings. The predicted octanol–water partition coefficient (Wildman–Crippen LogP) is 2.53. The average molecular weight is 317 g/mol. The summed E-state index contributed by atoms with van der Waals surface area (Å²) in [6, 6.07) is 7.43. The lowest BCUT2D eigenvalue weighted by Crippen LogP contribution is -2.42. The molecule has 0 radical (unpaired) electrons. The van der Waals surface area contributed by atoms with Crippen LogP contribution in [0.3, 0.4) is 0 Å². The van der Waals surface area contributed by atoms with Gasteiger partial charge in [-0.2, -0.15) is 0 Å². The molecule has 1 atom stereocenters. The maximum Gasteiger partial charge on any atom is 0.278 e. The second-order valence-corrected chi connectivity index (χ2v) is 5.89. The van der Waals surface area contributed by atoms with Crippen LogP contribution in [-0.2, 0) is 4.79 Å². The minimum atomic E-state index is -0.210. The van der Waals surface area contributed by atoms with E-state index in [4.69, 9.17) is 4.74 Å². The summed E-state index contributed by atoms with van der Waals surface area (Å²) in [4.78, 5) is 29.6. The van der Waals surface area contributed by atoms with Gasteiger partial charge in [0, 0.05) is 12.3 Å². The molecule has 1 unspecified atom stereocenters. The molecule has 0 aliphatic carbocycles. The van der Waals surface area contributed by atoms with Crippen LogP contribution in [0.25, 0.3) is 0 Å². The van der Waals surface area contributed by atoms with Crippen molar-refractivity contribution in [3.8, 4) is 5.75 Å². The van der Waals surface area contributed by atoms with Crippen LogP contribution in [0.4, 0.5) is 10.8 Å². The van der Waals surface area contributed by atoms with Gasteiger partial charge in [-0.3, -0.25) is 14.5 Å². The number of nitrogens with one attached hydrogen (secondary N) is 1. The molecule has 1 aliphatic rings. The molecule has 3 rings (SSSR count). The van der Waals surface area contributed by atoms with E-state index in [0.29, 0.717) is 23.1 Å². The van der Waals surface area contributed by atoms with Gasteiger partial charge >= 0.3 is 0 Å². The summed E-state index contributed by atoms with van der Waals surface area (Å²) in [5.41, 5.74) is 1.05. The zero-order valence-electron chi connectivity index (χ0n) is 12.2. The van der Waals surface area contributed by atoms with Crippen molar-refractivity contribution >= 4 is 34.0 Å². The molecule has 1 aromatic carbocycles. The number of benzene rings is 1. The van der Waals surface area contributed by atoms with Gasteiger partial charge in [0.25, 0.3) is 5.91 Å². The highest BCUT2D eigenvalue weighted by molar-refractivity contribution is 7.14. The van der Waals surface area contributed by atoms with Crippen LogP contribution >= 0.6 is 11.3 Å². The molecular weight excluding hydrogens is 302 g/mol. The molecule has 0 spiro atoms. The number of hydrogen-bond donors (Lipinski definition) is 1. The van der Waals surface area contributed by atoms with E-state index in [1.54, 1.807) is 10.3 Å². The lowest BCUT2D eigenvalue weighted by molar-refractivity contribution is -0.114. The number of carbonyl (C=O) groups excluding carboxylic acids is 2. The Morgan fingerprint density at radius 1 is 1.41 bits per heavy atom. The Morgan fingerprint density at radius 3 is 2.95 bits per heavy atom. The Balaban J connectivity index is 1.89. The van der Waals surface area contributed by atoms with Crippen LogP contribution in [0.5, 0.6) is 5.75 Å². The minimum Gasteiger partial charge on any atom is -0.487 e. The number of rotatable bonds is 2. The van der Waals surface area contributed by atoms with E-state index in [2.05, 4.69) is 10.3 Å².